The lowest BCUT2D eigenvalue weighted by Gasteiger charge is -2.28. The monoisotopic (exact) mass is 183 g/mol. The fourth-order valence-corrected chi connectivity index (χ4v) is 2.21. The van der Waals surface area contributed by atoms with Gasteiger partial charge in [0, 0.05) is 6.04 Å². The van der Waals surface area contributed by atoms with Gasteiger partial charge in [0.1, 0.15) is 0 Å². The quantitative estimate of drug-likeness (QED) is 0.706. The molecule has 1 aliphatic rings. The highest BCUT2D eigenvalue weighted by Crippen LogP contribution is 2.22. The summed E-state index contributed by atoms with van der Waals surface area (Å²) in [5.41, 5.74) is 0. The molecule has 0 amide bonds. The Morgan fingerprint density at radius 1 is 1.23 bits per heavy atom. The molecule has 78 valence electrons. The van der Waals surface area contributed by atoms with E-state index >= 15 is 0 Å². The summed E-state index contributed by atoms with van der Waals surface area (Å²) in [5, 5.41) is 3.63. The molecular weight excluding hydrogens is 158 g/mol. The Labute approximate surface area is 83.3 Å². The van der Waals surface area contributed by atoms with Crippen molar-refractivity contribution in [2.24, 2.45) is 11.8 Å². The molecule has 0 aliphatic carbocycles. The van der Waals surface area contributed by atoms with Crippen molar-refractivity contribution < 1.29 is 0 Å². The average Bonchev–Trinajstić information content (AvgIpc) is 2.18. The van der Waals surface area contributed by atoms with Crippen molar-refractivity contribution >= 4 is 0 Å². The Balaban J connectivity index is 2.21. The van der Waals surface area contributed by atoms with Gasteiger partial charge in [-0.25, -0.2) is 0 Å². The lowest BCUT2D eigenvalue weighted by atomic mass is 9.86. The van der Waals surface area contributed by atoms with Gasteiger partial charge in [-0.1, -0.05) is 33.6 Å². The zero-order valence-corrected chi connectivity index (χ0v) is 9.47. The molecule has 1 saturated heterocycles. The smallest absolute Gasteiger partial charge is 0.00697 e. The summed E-state index contributed by atoms with van der Waals surface area (Å²) in [4.78, 5) is 0. The van der Waals surface area contributed by atoms with Gasteiger partial charge < -0.3 is 5.32 Å². The van der Waals surface area contributed by atoms with Gasteiger partial charge >= 0.3 is 0 Å². The minimum Gasteiger partial charge on any atom is -0.314 e. The van der Waals surface area contributed by atoms with E-state index in [0.717, 1.165) is 17.9 Å². The molecule has 0 saturated carbocycles. The number of rotatable bonds is 4. The first-order valence-corrected chi connectivity index (χ1v) is 5.97. The average molecular weight is 183 g/mol. The van der Waals surface area contributed by atoms with Crippen LogP contribution >= 0.6 is 0 Å². The SMILES string of the molecule is CCC(C)C(C)CC1CCCCN1. The third-order valence-corrected chi connectivity index (χ3v) is 3.68. The molecule has 0 aromatic rings. The molecule has 0 aromatic heterocycles. The highest BCUT2D eigenvalue weighted by Gasteiger charge is 2.18. The van der Waals surface area contributed by atoms with E-state index in [4.69, 9.17) is 0 Å². The van der Waals surface area contributed by atoms with Gasteiger partial charge in [-0.15, -0.1) is 0 Å². The fourth-order valence-electron chi connectivity index (χ4n) is 2.21. The zero-order chi connectivity index (χ0) is 9.68. The van der Waals surface area contributed by atoms with E-state index in [1.165, 1.54) is 38.6 Å². The molecule has 1 aliphatic heterocycles. The van der Waals surface area contributed by atoms with Crippen molar-refractivity contribution in [3.8, 4) is 0 Å². The fraction of sp³-hybridized carbons (Fsp3) is 1.00. The largest absolute Gasteiger partial charge is 0.314 e. The lowest BCUT2D eigenvalue weighted by molar-refractivity contribution is 0.279. The predicted molar refractivity (Wildman–Crippen MR) is 58.9 cm³/mol. The molecule has 0 bridgehead atoms. The van der Waals surface area contributed by atoms with Crippen molar-refractivity contribution in [1.82, 2.24) is 5.32 Å². The van der Waals surface area contributed by atoms with Gasteiger partial charge in [-0.2, -0.15) is 0 Å². The van der Waals surface area contributed by atoms with Crippen LogP contribution in [-0.4, -0.2) is 12.6 Å². The number of hydrogen-bond acceptors (Lipinski definition) is 1. The van der Waals surface area contributed by atoms with Crippen LogP contribution in [0.2, 0.25) is 0 Å². The third-order valence-electron chi connectivity index (χ3n) is 3.68. The maximum atomic E-state index is 3.63. The van der Waals surface area contributed by atoms with Gasteiger partial charge in [-0.05, 0) is 37.6 Å². The van der Waals surface area contributed by atoms with E-state index in [-0.39, 0.29) is 0 Å². The second-order valence-corrected chi connectivity index (χ2v) is 4.75. The topological polar surface area (TPSA) is 12.0 Å². The van der Waals surface area contributed by atoms with Crippen molar-refractivity contribution in [3.05, 3.63) is 0 Å². The van der Waals surface area contributed by atoms with Crippen LogP contribution in [0.25, 0.3) is 0 Å². The zero-order valence-electron chi connectivity index (χ0n) is 9.47. The van der Waals surface area contributed by atoms with Crippen LogP contribution in [0.5, 0.6) is 0 Å². The first-order valence-electron chi connectivity index (χ1n) is 5.97. The summed E-state index contributed by atoms with van der Waals surface area (Å²) in [6, 6.07) is 0.817. The van der Waals surface area contributed by atoms with Crippen molar-refractivity contribution in [1.29, 1.82) is 0 Å². The van der Waals surface area contributed by atoms with Crippen molar-refractivity contribution in [2.45, 2.75) is 58.9 Å². The Hall–Kier alpha value is -0.0400. The first-order chi connectivity index (χ1) is 6.24. The molecular formula is C12H25N. The molecule has 1 fully saturated rings. The summed E-state index contributed by atoms with van der Waals surface area (Å²) < 4.78 is 0. The number of hydrogen-bond donors (Lipinski definition) is 1. The Morgan fingerprint density at radius 3 is 2.54 bits per heavy atom. The van der Waals surface area contributed by atoms with Crippen LogP contribution in [0, 0.1) is 11.8 Å². The first kappa shape index (κ1) is 11.0. The third kappa shape index (κ3) is 3.68. The van der Waals surface area contributed by atoms with Gasteiger partial charge in [0.25, 0.3) is 0 Å². The summed E-state index contributed by atoms with van der Waals surface area (Å²) in [7, 11) is 0. The molecule has 1 heterocycles. The van der Waals surface area contributed by atoms with Crippen LogP contribution in [-0.2, 0) is 0 Å². The van der Waals surface area contributed by atoms with E-state index in [9.17, 15) is 0 Å². The second kappa shape index (κ2) is 5.64. The van der Waals surface area contributed by atoms with Gasteiger partial charge in [0.05, 0.1) is 0 Å². The summed E-state index contributed by atoms with van der Waals surface area (Å²) in [5.74, 6) is 1.78. The second-order valence-electron chi connectivity index (χ2n) is 4.75. The van der Waals surface area contributed by atoms with E-state index < -0.39 is 0 Å². The molecule has 0 radical (unpaired) electrons. The van der Waals surface area contributed by atoms with E-state index in [1.807, 2.05) is 0 Å². The van der Waals surface area contributed by atoms with E-state index in [2.05, 4.69) is 26.1 Å². The summed E-state index contributed by atoms with van der Waals surface area (Å²) in [6.07, 6.45) is 6.93. The van der Waals surface area contributed by atoms with Gasteiger partial charge in [0.15, 0.2) is 0 Å². The Bertz CT molecular complexity index is 127. The highest BCUT2D eigenvalue weighted by molar-refractivity contribution is 4.75. The molecule has 3 unspecified atom stereocenters. The maximum Gasteiger partial charge on any atom is 0.00697 e. The van der Waals surface area contributed by atoms with Crippen molar-refractivity contribution in [3.63, 3.8) is 0 Å². The normalized spacial score (nSPS) is 28.4. The van der Waals surface area contributed by atoms with Crippen LogP contribution in [0.4, 0.5) is 0 Å². The number of piperidine rings is 1. The molecule has 0 spiro atoms. The minimum absolute atomic E-state index is 0.817. The van der Waals surface area contributed by atoms with Crippen LogP contribution in [0.3, 0.4) is 0 Å². The number of nitrogens with one attached hydrogen (secondary N) is 1. The Morgan fingerprint density at radius 2 is 2.00 bits per heavy atom. The molecule has 1 nitrogen and oxygen atoms in total. The Kier molecular flexibility index (Phi) is 4.79. The molecule has 0 aromatic carbocycles. The van der Waals surface area contributed by atoms with E-state index in [0.29, 0.717) is 0 Å². The predicted octanol–water partition coefficient (Wildman–Crippen LogP) is 3.20. The van der Waals surface area contributed by atoms with Gasteiger partial charge in [0.2, 0.25) is 0 Å². The molecule has 1 heteroatoms. The molecule has 3 atom stereocenters. The maximum absolute atomic E-state index is 3.63. The van der Waals surface area contributed by atoms with Crippen LogP contribution < -0.4 is 5.32 Å². The molecule has 1 N–H and O–H groups in total. The van der Waals surface area contributed by atoms with Gasteiger partial charge in [-0.3, -0.25) is 0 Å². The van der Waals surface area contributed by atoms with Crippen LogP contribution in [0.15, 0.2) is 0 Å². The minimum atomic E-state index is 0.817. The molecule has 1 rings (SSSR count). The molecule has 13 heavy (non-hydrogen) atoms. The lowest BCUT2D eigenvalue weighted by Crippen LogP contribution is -2.35. The summed E-state index contributed by atoms with van der Waals surface area (Å²) in [6.45, 7) is 8.34. The summed E-state index contributed by atoms with van der Waals surface area (Å²) >= 11 is 0. The van der Waals surface area contributed by atoms with E-state index in [1.54, 1.807) is 0 Å². The van der Waals surface area contributed by atoms with Crippen LogP contribution in [0.1, 0.15) is 52.9 Å². The van der Waals surface area contributed by atoms with Crippen molar-refractivity contribution in [2.75, 3.05) is 6.54 Å². The standard InChI is InChI=1S/C12H25N/c1-4-10(2)11(3)9-12-7-5-6-8-13-12/h10-13H,4-9H2,1-3H3. The highest BCUT2D eigenvalue weighted by atomic mass is 14.9.